The molecule has 0 saturated carbocycles. The van der Waals surface area contributed by atoms with Crippen molar-refractivity contribution in [3.8, 4) is 0 Å². The van der Waals surface area contributed by atoms with Crippen LogP contribution in [0.5, 0.6) is 0 Å². The van der Waals surface area contributed by atoms with Crippen LogP contribution in [0, 0.1) is 0 Å². The van der Waals surface area contributed by atoms with Crippen LogP contribution in [-0.4, -0.2) is 65.0 Å². The van der Waals surface area contributed by atoms with E-state index in [1.807, 2.05) is 0 Å². The van der Waals surface area contributed by atoms with E-state index in [1.165, 1.54) is 0 Å². The summed E-state index contributed by atoms with van der Waals surface area (Å²) >= 11 is 0. The summed E-state index contributed by atoms with van der Waals surface area (Å²) < 4.78 is 0. The Hall–Kier alpha value is -2.85. The van der Waals surface area contributed by atoms with Crippen LogP contribution in [0.2, 0.25) is 0 Å². The van der Waals surface area contributed by atoms with Crippen LogP contribution in [-0.2, 0) is 14.4 Å². The minimum Gasteiger partial charge on any atom is -0.481 e. The van der Waals surface area contributed by atoms with E-state index in [0.29, 0.717) is 6.42 Å². The average molecular weight is 328 g/mol. The number of aliphatic imine (C=N–C) groups is 1. The van der Waals surface area contributed by atoms with Crippen molar-refractivity contribution in [3.63, 3.8) is 0 Å². The van der Waals surface area contributed by atoms with E-state index in [-0.39, 0.29) is 18.9 Å². The van der Waals surface area contributed by atoms with Crippen LogP contribution in [0.3, 0.4) is 0 Å². The Morgan fingerprint density at radius 2 is 2.09 bits per heavy atom. The number of amides is 4. The second-order valence-electron chi connectivity index (χ2n) is 4.87. The van der Waals surface area contributed by atoms with Crippen molar-refractivity contribution < 1.29 is 24.3 Å². The Balaban J connectivity index is 2.66. The van der Waals surface area contributed by atoms with Gasteiger partial charge in [0.05, 0.1) is 12.5 Å². The molecule has 128 valence electrons. The number of aliphatic carboxylic acids is 1. The number of carboxylic acid groups (broad SMARTS) is 1. The highest BCUT2D eigenvalue weighted by atomic mass is 16.4. The fraction of sp³-hybridized carbons (Fsp3) is 0.583. The Bertz CT molecular complexity index is 530. The number of rotatable bonds is 8. The smallest absolute Gasteiger partial charge is 0.325 e. The third-order valence-corrected chi connectivity index (χ3v) is 3.14. The van der Waals surface area contributed by atoms with Gasteiger partial charge in [0.15, 0.2) is 5.96 Å². The number of carbonyl (C=O) groups excluding carboxylic acids is 3. The third-order valence-electron chi connectivity index (χ3n) is 3.14. The Labute approximate surface area is 132 Å². The maximum atomic E-state index is 12.2. The molecule has 0 aromatic carbocycles. The Morgan fingerprint density at radius 3 is 2.61 bits per heavy atom. The molecule has 0 aromatic heterocycles. The highest BCUT2D eigenvalue weighted by molar-refractivity contribution is 6.07. The van der Waals surface area contributed by atoms with E-state index < -0.39 is 42.4 Å². The molecule has 1 rings (SSSR count). The summed E-state index contributed by atoms with van der Waals surface area (Å²) in [5.41, 5.74) is 10.6. The van der Waals surface area contributed by atoms with Crippen molar-refractivity contribution in [1.82, 2.24) is 15.5 Å². The van der Waals surface area contributed by atoms with Crippen molar-refractivity contribution in [2.75, 3.05) is 13.1 Å². The van der Waals surface area contributed by atoms with Gasteiger partial charge in [-0.25, -0.2) is 9.79 Å². The van der Waals surface area contributed by atoms with Gasteiger partial charge < -0.3 is 27.2 Å². The summed E-state index contributed by atoms with van der Waals surface area (Å²) in [5, 5.41) is 13.2. The molecule has 1 unspecified atom stereocenters. The molecule has 1 aliphatic rings. The van der Waals surface area contributed by atoms with Gasteiger partial charge in [0.2, 0.25) is 5.91 Å². The first-order chi connectivity index (χ1) is 10.8. The van der Waals surface area contributed by atoms with Gasteiger partial charge in [0.1, 0.15) is 12.6 Å². The van der Waals surface area contributed by atoms with Crippen LogP contribution in [0.4, 0.5) is 4.79 Å². The fourth-order valence-electron chi connectivity index (χ4n) is 2.05. The lowest BCUT2D eigenvalue weighted by molar-refractivity contribution is -0.137. The summed E-state index contributed by atoms with van der Waals surface area (Å²) in [6.45, 7) is 1.16. The highest BCUT2D eigenvalue weighted by Crippen LogP contribution is 2.14. The minimum absolute atomic E-state index is 0.0904. The first-order valence-corrected chi connectivity index (χ1v) is 6.95. The number of imide groups is 1. The molecule has 0 aliphatic carbocycles. The molecule has 1 saturated heterocycles. The first-order valence-electron chi connectivity index (χ1n) is 6.95. The van der Waals surface area contributed by atoms with Gasteiger partial charge in [-0.2, -0.15) is 0 Å². The van der Waals surface area contributed by atoms with Gasteiger partial charge in [0.25, 0.3) is 5.91 Å². The Morgan fingerprint density at radius 1 is 1.43 bits per heavy atom. The lowest BCUT2D eigenvalue weighted by Gasteiger charge is -2.17. The number of nitrogens with one attached hydrogen (secondary N) is 2. The number of guanidine groups is 1. The van der Waals surface area contributed by atoms with Gasteiger partial charge in [-0.15, -0.1) is 0 Å². The molecule has 0 aromatic rings. The second-order valence-corrected chi connectivity index (χ2v) is 4.87. The molecule has 23 heavy (non-hydrogen) atoms. The lowest BCUT2D eigenvalue weighted by atomic mass is 10.1. The molecule has 4 amide bonds. The average Bonchev–Trinajstić information content (AvgIpc) is 2.72. The van der Waals surface area contributed by atoms with Crippen LogP contribution in [0.1, 0.15) is 19.8 Å². The molecule has 2 atom stereocenters. The molecule has 1 fully saturated rings. The van der Waals surface area contributed by atoms with Gasteiger partial charge >= 0.3 is 12.0 Å². The van der Waals surface area contributed by atoms with E-state index in [9.17, 15) is 19.2 Å². The van der Waals surface area contributed by atoms with Gasteiger partial charge in [0, 0.05) is 6.54 Å². The molecule has 1 aliphatic heterocycles. The number of hydrogen-bond donors (Lipinski definition) is 5. The number of hydrogen-bond acceptors (Lipinski definition) is 5. The number of nitrogens with two attached hydrogens (primary N) is 2. The number of carbonyl (C=O) groups is 4. The number of carboxylic acids is 1. The normalized spacial score (nSPS) is 18.3. The number of nitrogens with zero attached hydrogens (tertiary/aromatic N) is 2. The molecular weight excluding hydrogens is 308 g/mol. The zero-order valence-electron chi connectivity index (χ0n) is 12.6. The van der Waals surface area contributed by atoms with Crippen LogP contribution < -0.4 is 22.1 Å². The molecule has 0 radical (unpaired) electrons. The zero-order chi connectivity index (χ0) is 17.6. The van der Waals surface area contributed by atoms with Gasteiger partial charge in [-0.05, 0) is 6.42 Å². The summed E-state index contributed by atoms with van der Waals surface area (Å²) in [4.78, 5) is 50.7. The highest BCUT2D eigenvalue weighted by Gasteiger charge is 2.42. The summed E-state index contributed by atoms with van der Waals surface area (Å²) in [5.74, 6) is -2.52. The minimum atomic E-state index is -1.07. The summed E-state index contributed by atoms with van der Waals surface area (Å²) in [6.07, 6.45) is 0.157. The van der Waals surface area contributed by atoms with E-state index in [1.54, 1.807) is 6.92 Å². The van der Waals surface area contributed by atoms with Crippen molar-refractivity contribution >= 4 is 29.8 Å². The molecule has 0 bridgehead atoms. The zero-order valence-corrected chi connectivity index (χ0v) is 12.6. The van der Waals surface area contributed by atoms with Gasteiger partial charge in [-0.1, -0.05) is 6.92 Å². The van der Waals surface area contributed by atoms with Crippen LogP contribution in [0.15, 0.2) is 4.99 Å². The lowest BCUT2D eigenvalue weighted by Crippen LogP contribution is -2.43. The molecule has 11 heteroatoms. The van der Waals surface area contributed by atoms with Crippen LogP contribution in [0.25, 0.3) is 0 Å². The Kier molecular flexibility index (Phi) is 6.30. The SMILES string of the molecule is CC[C@H](N=C(N)N)C1NC(=O)N(CC(=O)NCCC(=O)O)C1=O. The fourth-order valence-corrected chi connectivity index (χ4v) is 2.05. The van der Waals surface area contributed by atoms with Crippen molar-refractivity contribution in [1.29, 1.82) is 0 Å². The van der Waals surface area contributed by atoms with E-state index in [0.717, 1.165) is 4.90 Å². The topological polar surface area (TPSA) is 180 Å². The summed E-state index contributed by atoms with van der Waals surface area (Å²) in [7, 11) is 0. The van der Waals surface area contributed by atoms with Crippen molar-refractivity contribution in [3.05, 3.63) is 0 Å². The van der Waals surface area contributed by atoms with Gasteiger partial charge in [-0.3, -0.25) is 19.3 Å². The quantitative estimate of drug-likeness (QED) is 0.186. The first kappa shape index (κ1) is 18.2. The molecule has 11 nitrogen and oxygen atoms in total. The molecule has 1 heterocycles. The monoisotopic (exact) mass is 328 g/mol. The number of urea groups is 1. The van der Waals surface area contributed by atoms with E-state index in [2.05, 4.69) is 15.6 Å². The van der Waals surface area contributed by atoms with Crippen molar-refractivity contribution in [2.45, 2.75) is 31.8 Å². The van der Waals surface area contributed by atoms with Crippen LogP contribution >= 0.6 is 0 Å². The maximum absolute atomic E-state index is 12.2. The predicted molar refractivity (Wildman–Crippen MR) is 79.2 cm³/mol. The third kappa shape index (κ3) is 5.13. The van der Waals surface area contributed by atoms with E-state index in [4.69, 9.17) is 16.6 Å². The molecular formula is C12H20N6O5. The molecule has 0 spiro atoms. The largest absolute Gasteiger partial charge is 0.481 e. The molecule has 7 N–H and O–H groups in total. The second kappa shape index (κ2) is 7.96. The maximum Gasteiger partial charge on any atom is 0.325 e. The summed E-state index contributed by atoms with van der Waals surface area (Å²) in [6, 6.07) is -2.30. The predicted octanol–water partition coefficient (Wildman–Crippen LogP) is -2.45. The standard InChI is InChI=1S/C12H20N6O5/c1-2-6(16-11(13)14)9-10(22)18(12(23)17-9)5-7(19)15-4-3-8(20)21/h6,9H,2-5H2,1H3,(H,15,19)(H,17,23)(H,20,21)(H4,13,14,16)/t6-,9?/m0/s1. The van der Waals surface area contributed by atoms with Crippen molar-refractivity contribution in [2.24, 2.45) is 16.5 Å². The van der Waals surface area contributed by atoms with E-state index >= 15 is 0 Å².